The van der Waals surface area contributed by atoms with E-state index in [2.05, 4.69) is 31.9 Å². The van der Waals surface area contributed by atoms with Crippen molar-refractivity contribution in [3.05, 3.63) is 34.9 Å². The molecule has 1 N–H and O–H groups in total. The van der Waals surface area contributed by atoms with Gasteiger partial charge >= 0.3 is 5.97 Å². The maximum absolute atomic E-state index is 10.7. The first-order chi connectivity index (χ1) is 6.54. The van der Waals surface area contributed by atoms with Gasteiger partial charge in [-0.15, -0.1) is 0 Å². The van der Waals surface area contributed by atoms with Crippen LogP contribution in [0.4, 0.5) is 0 Å². The van der Waals surface area contributed by atoms with E-state index in [1.165, 1.54) is 0 Å². The van der Waals surface area contributed by atoms with Crippen LogP contribution >= 0.6 is 43.5 Å². The second kappa shape index (κ2) is 5.14. The largest absolute Gasteiger partial charge is 0.480 e. The van der Waals surface area contributed by atoms with E-state index in [0.717, 1.165) is 5.56 Å². The summed E-state index contributed by atoms with van der Waals surface area (Å²) >= 11 is 12.3. The number of carboxylic acids is 1. The van der Waals surface area contributed by atoms with E-state index in [1.807, 2.05) is 6.07 Å². The SMILES string of the molecule is O=C(O)C(Br)C(Br)c1ccccc1Cl. The molecule has 14 heavy (non-hydrogen) atoms. The van der Waals surface area contributed by atoms with Crippen LogP contribution in [0.15, 0.2) is 24.3 Å². The lowest BCUT2D eigenvalue weighted by atomic mass is 10.1. The quantitative estimate of drug-likeness (QED) is 0.852. The Morgan fingerprint density at radius 3 is 2.43 bits per heavy atom. The van der Waals surface area contributed by atoms with Crippen molar-refractivity contribution < 1.29 is 9.90 Å². The average molecular weight is 342 g/mol. The summed E-state index contributed by atoms with van der Waals surface area (Å²) in [5, 5.41) is 9.34. The highest BCUT2D eigenvalue weighted by Crippen LogP contribution is 2.35. The molecule has 0 saturated heterocycles. The Morgan fingerprint density at radius 1 is 1.36 bits per heavy atom. The first-order valence-corrected chi connectivity index (χ1v) is 6.00. The van der Waals surface area contributed by atoms with Crippen LogP contribution < -0.4 is 0 Å². The van der Waals surface area contributed by atoms with E-state index in [4.69, 9.17) is 16.7 Å². The van der Waals surface area contributed by atoms with Crippen molar-refractivity contribution in [3.8, 4) is 0 Å². The third-order valence-electron chi connectivity index (χ3n) is 1.70. The number of carboxylic acid groups (broad SMARTS) is 1. The molecular weight excluding hydrogens is 335 g/mol. The van der Waals surface area contributed by atoms with Gasteiger partial charge in [-0.3, -0.25) is 4.79 Å². The van der Waals surface area contributed by atoms with E-state index in [1.54, 1.807) is 18.2 Å². The molecule has 0 aliphatic rings. The molecule has 0 spiro atoms. The predicted octanol–water partition coefficient (Wildman–Crippen LogP) is 3.62. The summed E-state index contributed by atoms with van der Waals surface area (Å²) < 4.78 is 0. The predicted molar refractivity (Wildman–Crippen MR) is 63.5 cm³/mol. The molecule has 2 nitrogen and oxygen atoms in total. The molecule has 0 aliphatic heterocycles. The Labute approximate surface area is 104 Å². The van der Waals surface area contributed by atoms with Crippen molar-refractivity contribution in [1.29, 1.82) is 0 Å². The molecule has 0 radical (unpaired) electrons. The van der Waals surface area contributed by atoms with Crippen LogP contribution in [-0.4, -0.2) is 15.9 Å². The number of aliphatic carboxylic acids is 1. The van der Waals surface area contributed by atoms with Crippen molar-refractivity contribution >= 4 is 49.4 Å². The molecule has 0 aromatic heterocycles. The van der Waals surface area contributed by atoms with Gasteiger partial charge in [0.2, 0.25) is 0 Å². The molecule has 5 heteroatoms. The summed E-state index contributed by atoms with van der Waals surface area (Å²) in [5.41, 5.74) is 0.762. The van der Waals surface area contributed by atoms with Crippen LogP contribution in [-0.2, 0) is 4.79 Å². The molecule has 0 bridgehead atoms. The van der Waals surface area contributed by atoms with Gasteiger partial charge in [0.1, 0.15) is 4.83 Å². The fraction of sp³-hybridized carbons (Fsp3) is 0.222. The summed E-state index contributed by atoms with van der Waals surface area (Å²) in [6.45, 7) is 0. The van der Waals surface area contributed by atoms with Gasteiger partial charge in [-0.1, -0.05) is 61.7 Å². The van der Waals surface area contributed by atoms with Gasteiger partial charge < -0.3 is 5.11 Å². The number of hydrogen-bond acceptors (Lipinski definition) is 1. The van der Waals surface area contributed by atoms with E-state index >= 15 is 0 Å². The topological polar surface area (TPSA) is 37.3 Å². The number of halogens is 3. The summed E-state index contributed by atoms with van der Waals surface area (Å²) in [5.74, 6) is -0.924. The molecule has 2 unspecified atom stereocenters. The first kappa shape index (κ1) is 12.0. The van der Waals surface area contributed by atoms with Crippen LogP contribution in [0.5, 0.6) is 0 Å². The molecule has 76 valence electrons. The minimum Gasteiger partial charge on any atom is -0.480 e. The van der Waals surface area contributed by atoms with E-state index in [-0.39, 0.29) is 4.83 Å². The second-order valence-electron chi connectivity index (χ2n) is 2.66. The zero-order chi connectivity index (χ0) is 10.7. The van der Waals surface area contributed by atoms with E-state index in [0.29, 0.717) is 5.02 Å². The van der Waals surface area contributed by atoms with E-state index in [9.17, 15) is 4.79 Å². The standard InChI is InChI=1S/C9H7Br2ClO2/c10-7(8(11)9(13)14)5-3-1-2-4-6(5)12/h1-4,7-8H,(H,13,14). The Balaban J connectivity index is 2.94. The van der Waals surface area contributed by atoms with Crippen LogP contribution in [0, 0.1) is 0 Å². The Bertz CT molecular complexity index is 343. The van der Waals surface area contributed by atoms with Crippen molar-refractivity contribution in [2.24, 2.45) is 0 Å². The number of benzene rings is 1. The van der Waals surface area contributed by atoms with Gasteiger partial charge in [0, 0.05) is 5.02 Å². The number of carbonyl (C=O) groups is 1. The molecule has 0 amide bonds. The summed E-state index contributed by atoms with van der Waals surface area (Å²) in [6, 6.07) is 7.14. The molecule has 0 heterocycles. The van der Waals surface area contributed by atoms with Gasteiger partial charge in [0.25, 0.3) is 0 Å². The third kappa shape index (κ3) is 2.72. The number of alkyl halides is 2. The Morgan fingerprint density at radius 2 is 1.93 bits per heavy atom. The summed E-state index contributed by atoms with van der Waals surface area (Å²) in [7, 11) is 0. The molecule has 1 rings (SSSR count). The zero-order valence-corrected chi connectivity index (χ0v) is 10.9. The monoisotopic (exact) mass is 340 g/mol. The fourth-order valence-electron chi connectivity index (χ4n) is 0.982. The first-order valence-electron chi connectivity index (χ1n) is 3.79. The number of rotatable bonds is 3. The maximum atomic E-state index is 10.7. The van der Waals surface area contributed by atoms with Gasteiger partial charge in [0.15, 0.2) is 0 Å². The molecule has 0 fully saturated rings. The van der Waals surface area contributed by atoms with Crippen molar-refractivity contribution in [2.75, 3.05) is 0 Å². The van der Waals surface area contributed by atoms with Crippen LogP contribution in [0.1, 0.15) is 10.4 Å². The fourth-order valence-corrected chi connectivity index (χ4v) is 2.28. The molecule has 2 atom stereocenters. The van der Waals surface area contributed by atoms with Crippen LogP contribution in [0.25, 0.3) is 0 Å². The lowest BCUT2D eigenvalue weighted by Gasteiger charge is -2.14. The maximum Gasteiger partial charge on any atom is 0.318 e. The van der Waals surface area contributed by atoms with Gasteiger partial charge in [-0.25, -0.2) is 0 Å². The molecular formula is C9H7Br2ClO2. The van der Waals surface area contributed by atoms with Crippen LogP contribution in [0.3, 0.4) is 0 Å². The lowest BCUT2D eigenvalue weighted by Crippen LogP contribution is -2.18. The van der Waals surface area contributed by atoms with Crippen molar-refractivity contribution in [3.63, 3.8) is 0 Å². The second-order valence-corrected chi connectivity index (χ2v) is 5.04. The smallest absolute Gasteiger partial charge is 0.318 e. The highest BCUT2D eigenvalue weighted by molar-refractivity contribution is 9.12. The minimum absolute atomic E-state index is 0.339. The average Bonchev–Trinajstić information content (AvgIpc) is 2.16. The van der Waals surface area contributed by atoms with Gasteiger partial charge in [-0.2, -0.15) is 0 Å². The van der Waals surface area contributed by atoms with Gasteiger partial charge in [0.05, 0.1) is 4.83 Å². The Kier molecular flexibility index (Phi) is 4.41. The molecule has 0 saturated carbocycles. The highest BCUT2D eigenvalue weighted by Gasteiger charge is 2.25. The van der Waals surface area contributed by atoms with E-state index < -0.39 is 10.8 Å². The molecule has 0 aliphatic carbocycles. The van der Waals surface area contributed by atoms with Crippen LogP contribution in [0.2, 0.25) is 5.02 Å². The Hall–Kier alpha value is -0.0600. The highest BCUT2D eigenvalue weighted by atomic mass is 79.9. The zero-order valence-electron chi connectivity index (χ0n) is 6.95. The summed E-state index contributed by atoms with van der Waals surface area (Å²) in [6.07, 6.45) is 0. The van der Waals surface area contributed by atoms with Gasteiger partial charge in [-0.05, 0) is 11.6 Å². The third-order valence-corrected chi connectivity index (χ3v) is 4.69. The lowest BCUT2D eigenvalue weighted by molar-refractivity contribution is -0.136. The van der Waals surface area contributed by atoms with Crippen molar-refractivity contribution in [1.82, 2.24) is 0 Å². The normalized spacial score (nSPS) is 14.8. The number of hydrogen-bond donors (Lipinski definition) is 1. The van der Waals surface area contributed by atoms with Crippen molar-refractivity contribution in [2.45, 2.75) is 9.65 Å². The molecule has 1 aromatic rings. The summed E-state index contributed by atoms with van der Waals surface area (Å²) in [4.78, 5) is 9.67. The minimum atomic E-state index is -0.924. The molecule has 1 aromatic carbocycles.